The average molecular weight is 219 g/mol. The molecule has 1 aromatic rings. The zero-order chi connectivity index (χ0) is 11.5. The summed E-state index contributed by atoms with van der Waals surface area (Å²) in [5, 5.41) is 2.84. The van der Waals surface area contributed by atoms with E-state index in [9.17, 15) is 4.79 Å². The van der Waals surface area contributed by atoms with Gasteiger partial charge in [0.1, 0.15) is 0 Å². The lowest BCUT2D eigenvalue weighted by Crippen LogP contribution is -2.28. The van der Waals surface area contributed by atoms with Crippen LogP contribution in [-0.2, 0) is 4.79 Å². The van der Waals surface area contributed by atoms with Crippen LogP contribution in [-0.4, -0.2) is 16.9 Å². The molecule has 1 saturated carbocycles. The average Bonchev–Trinajstić information content (AvgIpc) is 2.99. The van der Waals surface area contributed by atoms with Crippen LogP contribution in [0.5, 0.6) is 0 Å². The molecule has 1 amide bonds. The quantitative estimate of drug-likeness (QED) is 0.805. The number of carbonyl (C=O) groups is 1. The van der Waals surface area contributed by atoms with Crippen molar-refractivity contribution in [1.82, 2.24) is 4.98 Å². The third-order valence-electron chi connectivity index (χ3n) is 2.83. The number of carbonyl (C=O) groups excluding carboxylic acids is 1. The maximum absolute atomic E-state index is 11.7. The standard InChI is InChI=1S/C12H17N3O/c1-8-6-10(4-5-14-8)15-12(16)7-11(13)9-2-3-9/h4-6,9,11H,2-3,7,13H2,1H3,(H,14,15,16). The Morgan fingerprint density at radius 3 is 3.06 bits per heavy atom. The maximum atomic E-state index is 11.7. The van der Waals surface area contributed by atoms with Crippen molar-refractivity contribution >= 4 is 11.6 Å². The van der Waals surface area contributed by atoms with E-state index >= 15 is 0 Å². The van der Waals surface area contributed by atoms with Crippen molar-refractivity contribution in [2.45, 2.75) is 32.2 Å². The third-order valence-corrected chi connectivity index (χ3v) is 2.83. The molecule has 4 heteroatoms. The van der Waals surface area contributed by atoms with Crippen molar-refractivity contribution in [3.8, 4) is 0 Å². The second kappa shape index (κ2) is 4.61. The van der Waals surface area contributed by atoms with Crippen molar-refractivity contribution in [3.63, 3.8) is 0 Å². The highest BCUT2D eigenvalue weighted by atomic mass is 16.1. The van der Waals surface area contributed by atoms with E-state index in [1.807, 2.05) is 13.0 Å². The van der Waals surface area contributed by atoms with Crippen LogP contribution in [0.4, 0.5) is 5.69 Å². The van der Waals surface area contributed by atoms with E-state index in [4.69, 9.17) is 5.73 Å². The first-order valence-corrected chi connectivity index (χ1v) is 5.63. The minimum Gasteiger partial charge on any atom is -0.327 e. The molecule has 1 unspecified atom stereocenters. The molecule has 86 valence electrons. The summed E-state index contributed by atoms with van der Waals surface area (Å²) in [6.07, 6.45) is 4.43. The van der Waals surface area contributed by atoms with Gasteiger partial charge in [-0.3, -0.25) is 9.78 Å². The summed E-state index contributed by atoms with van der Waals surface area (Å²) in [5.74, 6) is 0.551. The van der Waals surface area contributed by atoms with E-state index in [-0.39, 0.29) is 11.9 Å². The van der Waals surface area contributed by atoms with Crippen molar-refractivity contribution in [2.75, 3.05) is 5.32 Å². The van der Waals surface area contributed by atoms with Gasteiger partial charge in [-0.05, 0) is 37.8 Å². The van der Waals surface area contributed by atoms with Crippen molar-refractivity contribution in [1.29, 1.82) is 0 Å². The summed E-state index contributed by atoms with van der Waals surface area (Å²) in [5.41, 5.74) is 7.58. The number of nitrogens with one attached hydrogen (secondary N) is 1. The molecule has 1 atom stereocenters. The summed E-state index contributed by atoms with van der Waals surface area (Å²) in [7, 11) is 0. The summed E-state index contributed by atoms with van der Waals surface area (Å²) in [6, 6.07) is 3.65. The summed E-state index contributed by atoms with van der Waals surface area (Å²) in [6.45, 7) is 1.89. The monoisotopic (exact) mass is 219 g/mol. The van der Waals surface area contributed by atoms with Gasteiger partial charge in [-0.15, -0.1) is 0 Å². The molecule has 1 aliphatic rings. The highest BCUT2D eigenvalue weighted by Gasteiger charge is 2.29. The molecular formula is C12H17N3O. The van der Waals surface area contributed by atoms with E-state index < -0.39 is 0 Å². The molecule has 0 aliphatic heterocycles. The van der Waals surface area contributed by atoms with Crippen LogP contribution in [0.3, 0.4) is 0 Å². The maximum Gasteiger partial charge on any atom is 0.225 e. The smallest absolute Gasteiger partial charge is 0.225 e. The number of anilines is 1. The van der Waals surface area contributed by atoms with Gasteiger partial charge in [-0.2, -0.15) is 0 Å². The normalized spacial score (nSPS) is 16.9. The van der Waals surface area contributed by atoms with Crippen LogP contribution in [0.25, 0.3) is 0 Å². The van der Waals surface area contributed by atoms with Gasteiger partial charge in [0.2, 0.25) is 5.91 Å². The third kappa shape index (κ3) is 3.03. The molecule has 1 heterocycles. The van der Waals surface area contributed by atoms with Crippen LogP contribution < -0.4 is 11.1 Å². The Morgan fingerprint density at radius 2 is 2.44 bits per heavy atom. The second-order valence-corrected chi connectivity index (χ2v) is 4.44. The van der Waals surface area contributed by atoms with E-state index in [0.29, 0.717) is 12.3 Å². The van der Waals surface area contributed by atoms with Crippen LogP contribution in [0, 0.1) is 12.8 Å². The Kier molecular flexibility index (Phi) is 3.19. The van der Waals surface area contributed by atoms with Gasteiger partial charge in [0.25, 0.3) is 0 Å². The molecule has 4 nitrogen and oxygen atoms in total. The zero-order valence-electron chi connectivity index (χ0n) is 9.44. The van der Waals surface area contributed by atoms with Gasteiger partial charge in [-0.25, -0.2) is 0 Å². The molecule has 0 aromatic carbocycles. The van der Waals surface area contributed by atoms with Gasteiger partial charge < -0.3 is 11.1 Å². The lowest BCUT2D eigenvalue weighted by molar-refractivity contribution is -0.116. The van der Waals surface area contributed by atoms with Gasteiger partial charge >= 0.3 is 0 Å². The minimum atomic E-state index is -0.00926. The molecule has 0 bridgehead atoms. The highest BCUT2D eigenvalue weighted by Crippen LogP contribution is 2.32. The summed E-state index contributed by atoms with van der Waals surface area (Å²) < 4.78 is 0. The zero-order valence-corrected chi connectivity index (χ0v) is 9.44. The lowest BCUT2D eigenvalue weighted by atomic mass is 10.1. The molecule has 2 rings (SSSR count). The molecule has 1 aromatic heterocycles. The van der Waals surface area contributed by atoms with Crippen LogP contribution in [0.15, 0.2) is 18.3 Å². The van der Waals surface area contributed by atoms with Crippen LogP contribution >= 0.6 is 0 Å². The fourth-order valence-corrected chi connectivity index (χ4v) is 1.74. The summed E-state index contributed by atoms with van der Waals surface area (Å²) in [4.78, 5) is 15.7. The van der Waals surface area contributed by atoms with Gasteiger partial charge in [0.15, 0.2) is 0 Å². The molecule has 1 aliphatic carbocycles. The number of nitrogens with zero attached hydrogens (tertiary/aromatic N) is 1. The van der Waals surface area contributed by atoms with Crippen LogP contribution in [0.1, 0.15) is 25.0 Å². The predicted molar refractivity (Wildman–Crippen MR) is 62.9 cm³/mol. The van der Waals surface area contributed by atoms with E-state index in [0.717, 1.165) is 11.4 Å². The van der Waals surface area contributed by atoms with Gasteiger partial charge in [0, 0.05) is 30.0 Å². The number of aromatic nitrogens is 1. The first-order chi connectivity index (χ1) is 7.65. The number of amides is 1. The molecule has 0 radical (unpaired) electrons. The van der Waals surface area contributed by atoms with E-state index in [1.165, 1.54) is 12.8 Å². The molecular weight excluding hydrogens is 202 g/mol. The van der Waals surface area contributed by atoms with Gasteiger partial charge in [0.05, 0.1) is 0 Å². The topological polar surface area (TPSA) is 68.0 Å². The van der Waals surface area contributed by atoms with Crippen molar-refractivity contribution in [2.24, 2.45) is 11.7 Å². The number of aryl methyl sites for hydroxylation is 1. The molecule has 16 heavy (non-hydrogen) atoms. The molecule has 0 spiro atoms. The first-order valence-electron chi connectivity index (χ1n) is 5.63. The highest BCUT2D eigenvalue weighted by molar-refractivity contribution is 5.91. The second-order valence-electron chi connectivity index (χ2n) is 4.44. The Balaban J connectivity index is 1.86. The van der Waals surface area contributed by atoms with Crippen LogP contribution in [0.2, 0.25) is 0 Å². The molecule has 3 N–H and O–H groups in total. The van der Waals surface area contributed by atoms with E-state index in [2.05, 4.69) is 10.3 Å². The fraction of sp³-hybridized carbons (Fsp3) is 0.500. The number of nitrogens with two attached hydrogens (primary N) is 1. The van der Waals surface area contributed by atoms with Crippen molar-refractivity contribution in [3.05, 3.63) is 24.0 Å². The molecule has 0 saturated heterocycles. The number of hydrogen-bond donors (Lipinski definition) is 2. The lowest BCUT2D eigenvalue weighted by Gasteiger charge is -2.10. The number of pyridine rings is 1. The SMILES string of the molecule is Cc1cc(NC(=O)CC(N)C2CC2)ccn1. The number of hydrogen-bond acceptors (Lipinski definition) is 3. The van der Waals surface area contributed by atoms with E-state index in [1.54, 1.807) is 12.3 Å². The largest absolute Gasteiger partial charge is 0.327 e. The fourth-order valence-electron chi connectivity index (χ4n) is 1.74. The Labute approximate surface area is 95.3 Å². The Hall–Kier alpha value is -1.42. The number of rotatable bonds is 4. The predicted octanol–water partition coefficient (Wildman–Crippen LogP) is 1.46. The minimum absolute atomic E-state index is 0.00926. The van der Waals surface area contributed by atoms with Crippen molar-refractivity contribution < 1.29 is 4.79 Å². The van der Waals surface area contributed by atoms with Gasteiger partial charge in [-0.1, -0.05) is 0 Å². The first kappa shape index (κ1) is 11.1. The Bertz CT molecular complexity index is 388. The Morgan fingerprint density at radius 1 is 1.69 bits per heavy atom. The molecule has 1 fully saturated rings. The summed E-state index contributed by atoms with van der Waals surface area (Å²) >= 11 is 0.